The summed E-state index contributed by atoms with van der Waals surface area (Å²) in [5.74, 6) is 0.729. The maximum Gasteiger partial charge on any atom is 0.0551 e. The van der Waals surface area contributed by atoms with Crippen LogP contribution in [0.2, 0.25) is 5.02 Å². The lowest BCUT2D eigenvalue weighted by atomic mass is 10.2. The van der Waals surface area contributed by atoms with E-state index in [1.807, 2.05) is 18.2 Å². The fraction of sp³-hybridized carbons (Fsp3) is 0.143. The summed E-state index contributed by atoms with van der Waals surface area (Å²) in [6.07, 6.45) is 0. The Balaban J connectivity index is 3.04. The second kappa shape index (κ2) is 3.65. The third-order valence-corrected chi connectivity index (χ3v) is 2.76. The lowest BCUT2D eigenvalue weighted by Crippen LogP contribution is -1.76. The Morgan fingerprint density at radius 1 is 1.50 bits per heavy atom. The zero-order chi connectivity index (χ0) is 7.56. The van der Waals surface area contributed by atoms with Gasteiger partial charge in [0, 0.05) is 10.2 Å². The van der Waals surface area contributed by atoms with Crippen LogP contribution in [0, 0.1) is 0 Å². The van der Waals surface area contributed by atoms with Gasteiger partial charge in [0.05, 0.1) is 5.02 Å². The molecule has 0 nitrogen and oxygen atoms in total. The highest BCUT2D eigenvalue weighted by molar-refractivity contribution is 9.10. The van der Waals surface area contributed by atoms with E-state index in [1.54, 1.807) is 0 Å². The molecule has 0 fully saturated rings. The van der Waals surface area contributed by atoms with Crippen molar-refractivity contribution in [3.8, 4) is 0 Å². The molecule has 1 aromatic rings. The maximum absolute atomic E-state index is 5.81. The van der Waals surface area contributed by atoms with Crippen LogP contribution in [-0.2, 0) is 5.75 Å². The quantitative estimate of drug-likeness (QED) is 0.710. The predicted molar refractivity (Wildman–Crippen MR) is 51.8 cm³/mol. The van der Waals surface area contributed by atoms with Crippen molar-refractivity contribution in [1.82, 2.24) is 0 Å². The van der Waals surface area contributed by atoms with Gasteiger partial charge in [-0.15, -0.1) is 0 Å². The van der Waals surface area contributed by atoms with Gasteiger partial charge in [-0.05, 0) is 33.6 Å². The normalized spacial score (nSPS) is 9.90. The van der Waals surface area contributed by atoms with Gasteiger partial charge in [0.1, 0.15) is 0 Å². The molecule has 0 aliphatic carbocycles. The van der Waals surface area contributed by atoms with Crippen LogP contribution in [-0.4, -0.2) is 0 Å². The van der Waals surface area contributed by atoms with Crippen molar-refractivity contribution in [2.75, 3.05) is 0 Å². The molecular weight excluding hydrogens is 232 g/mol. The lowest BCUT2D eigenvalue weighted by Gasteiger charge is -1.97. The first-order valence-corrected chi connectivity index (χ1v) is 4.59. The van der Waals surface area contributed by atoms with E-state index in [-0.39, 0.29) is 0 Å². The van der Waals surface area contributed by atoms with Crippen molar-refractivity contribution in [2.24, 2.45) is 0 Å². The van der Waals surface area contributed by atoms with Gasteiger partial charge in [0.2, 0.25) is 0 Å². The number of hydrogen-bond acceptors (Lipinski definition) is 1. The summed E-state index contributed by atoms with van der Waals surface area (Å²) < 4.78 is 0.930. The Kier molecular flexibility index (Phi) is 3.08. The minimum Gasteiger partial charge on any atom is -0.175 e. The second-order valence-corrected chi connectivity index (χ2v) is 3.48. The van der Waals surface area contributed by atoms with Crippen LogP contribution in [0.1, 0.15) is 5.56 Å². The van der Waals surface area contributed by atoms with Gasteiger partial charge in [-0.25, -0.2) is 0 Å². The Morgan fingerprint density at radius 3 is 2.70 bits per heavy atom. The number of hydrogen-bond donors (Lipinski definition) is 1. The van der Waals surface area contributed by atoms with Crippen molar-refractivity contribution in [2.45, 2.75) is 5.75 Å². The molecule has 0 heterocycles. The number of halogens is 2. The molecule has 3 heteroatoms. The highest BCUT2D eigenvalue weighted by Gasteiger charge is 1.95. The van der Waals surface area contributed by atoms with Gasteiger partial charge in [-0.3, -0.25) is 0 Å². The summed E-state index contributed by atoms with van der Waals surface area (Å²) in [6.45, 7) is 0. The van der Waals surface area contributed by atoms with Crippen LogP contribution in [0.25, 0.3) is 0 Å². The summed E-state index contributed by atoms with van der Waals surface area (Å²) >= 11 is 13.2. The standard InChI is InChI=1S/C7H6BrClS/c8-6-2-1-5(4-10)3-7(6)9/h1-3,10H,4H2. The predicted octanol–water partition coefficient (Wildman–Crippen LogP) is 3.53. The third-order valence-electron chi connectivity index (χ3n) is 1.17. The molecular formula is C7H6BrClS. The molecule has 0 amide bonds. The van der Waals surface area contributed by atoms with E-state index < -0.39 is 0 Å². The van der Waals surface area contributed by atoms with E-state index >= 15 is 0 Å². The summed E-state index contributed by atoms with van der Waals surface area (Å²) in [5.41, 5.74) is 1.14. The average Bonchev–Trinajstić information content (AvgIpc) is 1.95. The lowest BCUT2D eigenvalue weighted by molar-refractivity contribution is 1.42. The third kappa shape index (κ3) is 1.91. The van der Waals surface area contributed by atoms with Crippen molar-refractivity contribution in [1.29, 1.82) is 0 Å². The van der Waals surface area contributed by atoms with E-state index in [4.69, 9.17) is 11.6 Å². The zero-order valence-corrected chi connectivity index (χ0v) is 8.38. The van der Waals surface area contributed by atoms with E-state index in [0.29, 0.717) is 0 Å². The SMILES string of the molecule is SCc1ccc(Br)c(Cl)c1. The number of thiol groups is 1. The second-order valence-electron chi connectivity index (χ2n) is 1.91. The van der Waals surface area contributed by atoms with Crippen LogP contribution in [0.4, 0.5) is 0 Å². The molecule has 0 atom stereocenters. The Morgan fingerprint density at radius 2 is 2.20 bits per heavy atom. The molecule has 10 heavy (non-hydrogen) atoms. The average molecular weight is 238 g/mol. The van der Waals surface area contributed by atoms with Gasteiger partial charge in [0.15, 0.2) is 0 Å². The van der Waals surface area contributed by atoms with Crippen LogP contribution >= 0.6 is 40.2 Å². The van der Waals surface area contributed by atoms with E-state index in [2.05, 4.69) is 28.6 Å². The fourth-order valence-corrected chi connectivity index (χ4v) is 1.28. The molecule has 0 saturated heterocycles. The monoisotopic (exact) mass is 236 g/mol. The Hall–Kier alpha value is 0.340. The zero-order valence-electron chi connectivity index (χ0n) is 5.14. The van der Waals surface area contributed by atoms with Crippen molar-refractivity contribution in [3.63, 3.8) is 0 Å². The minimum atomic E-state index is 0.729. The van der Waals surface area contributed by atoms with Gasteiger partial charge in [0.25, 0.3) is 0 Å². The van der Waals surface area contributed by atoms with Crippen molar-refractivity contribution >= 4 is 40.2 Å². The maximum atomic E-state index is 5.81. The number of benzene rings is 1. The number of rotatable bonds is 1. The van der Waals surface area contributed by atoms with Crippen LogP contribution in [0.3, 0.4) is 0 Å². The molecule has 54 valence electrons. The van der Waals surface area contributed by atoms with E-state index in [0.717, 1.165) is 20.8 Å². The minimum absolute atomic E-state index is 0.729. The molecule has 1 rings (SSSR count). The molecule has 1 aromatic carbocycles. The summed E-state index contributed by atoms with van der Waals surface area (Å²) in [4.78, 5) is 0. The Bertz CT molecular complexity index is 237. The van der Waals surface area contributed by atoms with Crippen molar-refractivity contribution in [3.05, 3.63) is 33.3 Å². The highest BCUT2D eigenvalue weighted by atomic mass is 79.9. The van der Waals surface area contributed by atoms with Crippen LogP contribution in [0.5, 0.6) is 0 Å². The van der Waals surface area contributed by atoms with Crippen LogP contribution < -0.4 is 0 Å². The van der Waals surface area contributed by atoms with Gasteiger partial charge < -0.3 is 0 Å². The molecule has 0 aliphatic rings. The summed E-state index contributed by atoms with van der Waals surface area (Å²) in [5, 5.41) is 0.742. The molecule has 0 aromatic heterocycles. The van der Waals surface area contributed by atoms with E-state index in [1.165, 1.54) is 0 Å². The highest BCUT2D eigenvalue weighted by Crippen LogP contribution is 2.23. The summed E-state index contributed by atoms with van der Waals surface area (Å²) in [7, 11) is 0. The summed E-state index contributed by atoms with van der Waals surface area (Å²) in [6, 6.07) is 5.81. The first kappa shape index (κ1) is 8.44. The first-order chi connectivity index (χ1) is 4.74. The van der Waals surface area contributed by atoms with Gasteiger partial charge in [-0.2, -0.15) is 12.6 Å². The molecule has 0 aliphatic heterocycles. The van der Waals surface area contributed by atoms with Gasteiger partial charge in [-0.1, -0.05) is 17.7 Å². The molecule has 0 unspecified atom stereocenters. The smallest absolute Gasteiger partial charge is 0.0551 e. The molecule has 0 saturated carbocycles. The topological polar surface area (TPSA) is 0 Å². The van der Waals surface area contributed by atoms with Crippen molar-refractivity contribution < 1.29 is 0 Å². The first-order valence-electron chi connectivity index (χ1n) is 2.79. The van der Waals surface area contributed by atoms with Gasteiger partial charge >= 0.3 is 0 Å². The molecule has 0 spiro atoms. The molecule has 0 radical (unpaired) electrons. The van der Waals surface area contributed by atoms with E-state index in [9.17, 15) is 0 Å². The molecule has 0 bridgehead atoms. The molecule has 0 N–H and O–H groups in total. The largest absolute Gasteiger partial charge is 0.175 e. The fourth-order valence-electron chi connectivity index (χ4n) is 0.638. The van der Waals surface area contributed by atoms with Crippen LogP contribution in [0.15, 0.2) is 22.7 Å². The Labute approximate surface area is 79.1 Å².